The van der Waals surface area contributed by atoms with Gasteiger partial charge < -0.3 is 14.2 Å². The van der Waals surface area contributed by atoms with Crippen LogP contribution in [-0.4, -0.2) is 26.5 Å². The van der Waals surface area contributed by atoms with E-state index in [9.17, 15) is 4.79 Å². The van der Waals surface area contributed by atoms with E-state index in [1.54, 1.807) is 0 Å². The molecule has 0 aliphatic carbocycles. The molecule has 1 aliphatic rings. The molecule has 0 bridgehead atoms. The van der Waals surface area contributed by atoms with Gasteiger partial charge in [0.2, 0.25) is 6.29 Å². The van der Waals surface area contributed by atoms with E-state index < -0.39 is 12.2 Å². The van der Waals surface area contributed by atoms with Crippen LogP contribution in [0, 0.1) is 0 Å². The standard InChI is InChI=1S/C11H12O4/c1-13-10(12)9-7-5-3-4-6-8(7)15-11(9)14-2/h3-6,9,11H,1-2H3/t9-,11+/m1/s1. The minimum absolute atomic E-state index is 0.341. The Hall–Kier alpha value is -1.55. The fourth-order valence-corrected chi connectivity index (χ4v) is 1.73. The maximum Gasteiger partial charge on any atom is 0.319 e. The van der Waals surface area contributed by atoms with Gasteiger partial charge in [0.1, 0.15) is 11.7 Å². The van der Waals surface area contributed by atoms with Crippen molar-refractivity contribution in [3.63, 3.8) is 0 Å². The van der Waals surface area contributed by atoms with Crippen molar-refractivity contribution in [2.75, 3.05) is 14.2 Å². The summed E-state index contributed by atoms with van der Waals surface area (Å²) >= 11 is 0. The fourth-order valence-electron chi connectivity index (χ4n) is 1.73. The average molecular weight is 208 g/mol. The molecule has 0 aromatic heterocycles. The Morgan fingerprint density at radius 2 is 2.07 bits per heavy atom. The quantitative estimate of drug-likeness (QED) is 0.687. The molecule has 0 spiro atoms. The summed E-state index contributed by atoms with van der Waals surface area (Å²) in [5.74, 6) is -0.150. The predicted octanol–water partition coefficient (Wildman–Crippen LogP) is 1.31. The maximum atomic E-state index is 11.6. The van der Waals surface area contributed by atoms with Crippen molar-refractivity contribution in [1.82, 2.24) is 0 Å². The second kappa shape index (κ2) is 3.90. The van der Waals surface area contributed by atoms with Crippen LogP contribution in [0.25, 0.3) is 0 Å². The second-order valence-corrected chi connectivity index (χ2v) is 3.26. The van der Waals surface area contributed by atoms with Gasteiger partial charge in [-0.3, -0.25) is 4.79 Å². The predicted molar refractivity (Wildman–Crippen MR) is 52.6 cm³/mol. The molecule has 1 aromatic rings. The molecule has 0 radical (unpaired) electrons. The van der Waals surface area contributed by atoms with E-state index in [0.29, 0.717) is 5.75 Å². The van der Waals surface area contributed by atoms with E-state index in [4.69, 9.17) is 14.2 Å². The summed E-state index contributed by atoms with van der Waals surface area (Å²) in [5.41, 5.74) is 0.816. The summed E-state index contributed by atoms with van der Waals surface area (Å²) in [6.07, 6.45) is -0.588. The lowest BCUT2D eigenvalue weighted by atomic mass is 10.0. The van der Waals surface area contributed by atoms with Gasteiger partial charge in [-0.05, 0) is 6.07 Å². The van der Waals surface area contributed by atoms with E-state index in [1.165, 1.54) is 14.2 Å². The number of methoxy groups -OCH3 is 2. The van der Waals surface area contributed by atoms with Crippen molar-refractivity contribution in [2.24, 2.45) is 0 Å². The van der Waals surface area contributed by atoms with Crippen molar-refractivity contribution in [1.29, 1.82) is 0 Å². The largest absolute Gasteiger partial charge is 0.468 e. The lowest BCUT2D eigenvalue weighted by Gasteiger charge is -2.14. The van der Waals surface area contributed by atoms with Crippen LogP contribution in [0.1, 0.15) is 11.5 Å². The van der Waals surface area contributed by atoms with Crippen molar-refractivity contribution < 1.29 is 19.0 Å². The molecule has 1 heterocycles. The third-order valence-corrected chi connectivity index (χ3v) is 2.46. The molecular formula is C11H12O4. The summed E-state index contributed by atoms with van der Waals surface area (Å²) in [7, 11) is 2.86. The first-order valence-electron chi connectivity index (χ1n) is 4.64. The Bertz CT molecular complexity index is 375. The highest BCUT2D eigenvalue weighted by Crippen LogP contribution is 2.38. The van der Waals surface area contributed by atoms with Crippen molar-refractivity contribution in [2.45, 2.75) is 12.2 Å². The van der Waals surface area contributed by atoms with Crippen LogP contribution < -0.4 is 4.74 Å². The Labute approximate surface area is 87.8 Å². The number of hydrogen-bond acceptors (Lipinski definition) is 4. The van der Waals surface area contributed by atoms with Crippen molar-refractivity contribution in [3.8, 4) is 5.75 Å². The SMILES string of the molecule is COC(=O)[C@H]1c2ccccc2O[C@@H]1OC. The van der Waals surface area contributed by atoms with Gasteiger partial charge in [0, 0.05) is 12.7 Å². The molecular weight excluding hydrogens is 196 g/mol. The van der Waals surface area contributed by atoms with Crippen LogP contribution in [0.4, 0.5) is 0 Å². The van der Waals surface area contributed by atoms with Crippen LogP contribution in [0.15, 0.2) is 24.3 Å². The van der Waals surface area contributed by atoms with Crippen molar-refractivity contribution >= 4 is 5.97 Å². The number of para-hydroxylation sites is 1. The van der Waals surface area contributed by atoms with E-state index in [1.807, 2.05) is 24.3 Å². The van der Waals surface area contributed by atoms with Gasteiger partial charge in [-0.15, -0.1) is 0 Å². The van der Waals surface area contributed by atoms with Gasteiger partial charge in [0.25, 0.3) is 0 Å². The van der Waals surface area contributed by atoms with Gasteiger partial charge in [0.05, 0.1) is 7.11 Å². The third-order valence-electron chi connectivity index (χ3n) is 2.46. The van der Waals surface area contributed by atoms with E-state index >= 15 is 0 Å². The molecule has 0 saturated carbocycles. The first kappa shape index (κ1) is 9.98. The summed E-state index contributed by atoms with van der Waals surface area (Å²) in [6.45, 7) is 0. The summed E-state index contributed by atoms with van der Waals surface area (Å²) < 4.78 is 15.3. The molecule has 0 saturated heterocycles. The normalized spacial score (nSPS) is 23.1. The molecule has 4 nitrogen and oxygen atoms in total. The Morgan fingerprint density at radius 3 is 2.73 bits per heavy atom. The molecule has 0 fully saturated rings. The molecule has 2 rings (SSSR count). The number of benzene rings is 1. The highest BCUT2D eigenvalue weighted by molar-refractivity contribution is 5.80. The topological polar surface area (TPSA) is 44.8 Å². The summed E-state index contributed by atoms with van der Waals surface area (Å²) in [5, 5.41) is 0. The minimum Gasteiger partial charge on any atom is -0.468 e. The van der Waals surface area contributed by atoms with Crippen molar-refractivity contribution in [3.05, 3.63) is 29.8 Å². The number of fused-ring (bicyclic) bond motifs is 1. The summed E-state index contributed by atoms with van der Waals surface area (Å²) in [6, 6.07) is 7.36. The van der Waals surface area contributed by atoms with Gasteiger partial charge in [0.15, 0.2) is 0 Å². The first-order valence-corrected chi connectivity index (χ1v) is 4.64. The highest BCUT2D eigenvalue weighted by Gasteiger charge is 2.40. The number of carbonyl (C=O) groups is 1. The zero-order valence-corrected chi connectivity index (χ0v) is 8.60. The van der Waals surface area contributed by atoms with Crippen LogP contribution in [0.5, 0.6) is 5.75 Å². The Kier molecular flexibility index (Phi) is 2.60. The number of hydrogen-bond donors (Lipinski definition) is 0. The molecule has 0 amide bonds. The second-order valence-electron chi connectivity index (χ2n) is 3.26. The lowest BCUT2D eigenvalue weighted by Crippen LogP contribution is -2.27. The number of esters is 1. The summed E-state index contributed by atoms with van der Waals surface area (Å²) in [4.78, 5) is 11.6. The van der Waals surface area contributed by atoms with E-state index in [-0.39, 0.29) is 5.97 Å². The van der Waals surface area contributed by atoms with Gasteiger partial charge >= 0.3 is 5.97 Å². The third kappa shape index (κ3) is 1.57. The van der Waals surface area contributed by atoms with E-state index in [0.717, 1.165) is 5.56 Å². The molecule has 1 aromatic carbocycles. The molecule has 0 N–H and O–H groups in total. The number of ether oxygens (including phenoxy) is 3. The fraction of sp³-hybridized carbons (Fsp3) is 0.364. The smallest absolute Gasteiger partial charge is 0.319 e. The van der Waals surface area contributed by atoms with Crippen LogP contribution in [0.3, 0.4) is 0 Å². The molecule has 80 valence electrons. The van der Waals surface area contributed by atoms with Gasteiger partial charge in [-0.1, -0.05) is 18.2 Å². The Balaban J connectivity index is 2.38. The van der Waals surface area contributed by atoms with E-state index in [2.05, 4.69) is 0 Å². The molecule has 0 unspecified atom stereocenters. The highest BCUT2D eigenvalue weighted by atomic mass is 16.7. The zero-order valence-electron chi connectivity index (χ0n) is 8.60. The van der Waals surface area contributed by atoms with Crippen LogP contribution in [0.2, 0.25) is 0 Å². The molecule has 1 aliphatic heterocycles. The minimum atomic E-state index is -0.588. The van der Waals surface area contributed by atoms with Crippen LogP contribution in [-0.2, 0) is 14.3 Å². The molecule has 4 heteroatoms. The van der Waals surface area contributed by atoms with Crippen LogP contribution >= 0.6 is 0 Å². The number of rotatable bonds is 2. The Morgan fingerprint density at radius 1 is 1.33 bits per heavy atom. The lowest BCUT2D eigenvalue weighted by molar-refractivity contribution is -0.151. The molecule has 15 heavy (non-hydrogen) atoms. The van der Waals surface area contributed by atoms with Gasteiger partial charge in [-0.2, -0.15) is 0 Å². The average Bonchev–Trinajstić information content (AvgIpc) is 2.66. The zero-order chi connectivity index (χ0) is 10.8. The monoisotopic (exact) mass is 208 g/mol. The number of carbonyl (C=O) groups excluding carboxylic acids is 1. The first-order chi connectivity index (χ1) is 7.27. The maximum absolute atomic E-state index is 11.6. The molecule has 2 atom stereocenters. The van der Waals surface area contributed by atoms with Gasteiger partial charge in [-0.25, -0.2) is 0 Å².